The molecule has 0 spiro atoms. The molecule has 0 amide bonds. The molecule has 0 unspecified atom stereocenters. The van der Waals surface area contributed by atoms with E-state index in [1.165, 1.54) is 17.0 Å². The molecule has 3 aromatic rings. The Bertz CT molecular complexity index is 921. The molecule has 1 saturated heterocycles. The van der Waals surface area contributed by atoms with Crippen molar-refractivity contribution in [1.29, 1.82) is 0 Å². The quantitative estimate of drug-likeness (QED) is 0.690. The molecule has 1 aromatic carbocycles. The molecule has 0 atom stereocenters. The van der Waals surface area contributed by atoms with Gasteiger partial charge in [0.1, 0.15) is 22.2 Å². The van der Waals surface area contributed by atoms with Gasteiger partial charge in [0.05, 0.1) is 25.1 Å². The Labute approximate surface area is 155 Å². The number of hydrogen-bond acceptors (Lipinski definition) is 6. The Morgan fingerprint density at radius 1 is 1.15 bits per heavy atom. The zero-order chi connectivity index (χ0) is 18.1. The van der Waals surface area contributed by atoms with Crippen molar-refractivity contribution in [3.8, 4) is 11.6 Å². The van der Waals surface area contributed by atoms with E-state index in [2.05, 4.69) is 23.7 Å². The van der Waals surface area contributed by atoms with Crippen molar-refractivity contribution in [1.82, 2.24) is 14.9 Å². The Morgan fingerprint density at radius 2 is 1.88 bits per heavy atom. The van der Waals surface area contributed by atoms with E-state index >= 15 is 0 Å². The highest BCUT2D eigenvalue weighted by molar-refractivity contribution is 7.18. The lowest BCUT2D eigenvalue weighted by Crippen LogP contribution is -2.36. The lowest BCUT2D eigenvalue weighted by atomic mass is 10.2. The summed E-state index contributed by atoms with van der Waals surface area (Å²) in [5.74, 6) is 1.54. The topological polar surface area (TPSA) is 47.5 Å². The SMILES string of the molecule is Cc1sc2nc(CN3CCOCC3)nc(Oc3ccc(F)cc3)c2c1C. The van der Waals surface area contributed by atoms with E-state index in [9.17, 15) is 4.39 Å². The van der Waals surface area contributed by atoms with Crippen LogP contribution in [0.25, 0.3) is 10.2 Å². The number of hydrogen-bond donors (Lipinski definition) is 0. The van der Waals surface area contributed by atoms with Crippen LogP contribution in [0.4, 0.5) is 4.39 Å². The van der Waals surface area contributed by atoms with Gasteiger partial charge in [-0.15, -0.1) is 11.3 Å². The van der Waals surface area contributed by atoms with Crippen LogP contribution in [0.5, 0.6) is 11.6 Å². The van der Waals surface area contributed by atoms with Crippen molar-refractivity contribution >= 4 is 21.6 Å². The summed E-state index contributed by atoms with van der Waals surface area (Å²) >= 11 is 1.65. The molecular weight excluding hydrogens is 353 g/mol. The van der Waals surface area contributed by atoms with E-state index in [-0.39, 0.29) is 5.82 Å². The Hall–Kier alpha value is -2.09. The van der Waals surface area contributed by atoms with Crippen LogP contribution in [-0.2, 0) is 11.3 Å². The zero-order valence-electron chi connectivity index (χ0n) is 14.8. The molecule has 0 bridgehead atoms. The Balaban J connectivity index is 1.71. The molecule has 5 nitrogen and oxygen atoms in total. The number of morpholine rings is 1. The average Bonchev–Trinajstić information content (AvgIpc) is 2.92. The molecule has 0 saturated carbocycles. The first kappa shape index (κ1) is 17.3. The first-order chi connectivity index (χ1) is 12.6. The number of aryl methyl sites for hydroxylation is 2. The van der Waals surface area contributed by atoms with Crippen LogP contribution in [0, 0.1) is 19.7 Å². The minimum Gasteiger partial charge on any atom is -0.438 e. The van der Waals surface area contributed by atoms with Crippen LogP contribution in [0.15, 0.2) is 24.3 Å². The first-order valence-corrected chi connectivity index (χ1v) is 9.42. The standard InChI is InChI=1S/C19H20FN3O2S/c1-12-13(2)26-19-17(12)18(25-15-5-3-14(20)4-6-15)21-16(22-19)11-23-7-9-24-10-8-23/h3-6H,7-11H2,1-2H3. The molecule has 0 N–H and O–H groups in total. The van der Waals surface area contributed by atoms with Crippen LogP contribution >= 0.6 is 11.3 Å². The maximum atomic E-state index is 13.2. The number of nitrogens with zero attached hydrogens (tertiary/aromatic N) is 3. The van der Waals surface area contributed by atoms with Crippen LogP contribution in [0.3, 0.4) is 0 Å². The fraction of sp³-hybridized carbons (Fsp3) is 0.368. The molecule has 1 aliphatic rings. The molecule has 4 rings (SSSR count). The third-order valence-electron chi connectivity index (χ3n) is 4.54. The summed E-state index contributed by atoms with van der Waals surface area (Å²) in [5.41, 5.74) is 1.13. The van der Waals surface area contributed by atoms with Crippen molar-refractivity contribution < 1.29 is 13.9 Å². The maximum absolute atomic E-state index is 13.2. The van der Waals surface area contributed by atoms with Crippen molar-refractivity contribution in [2.45, 2.75) is 20.4 Å². The van der Waals surface area contributed by atoms with Crippen molar-refractivity contribution in [3.05, 3.63) is 46.3 Å². The molecule has 7 heteroatoms. The number of rotatable bonds is 4. The van der Waals surface area contributed by atoms with E-state index in [4.69, 9.17) is 14.5 Å². The van der Waals surface area contributed by atoms with Gasteiger partial charge < -0.3 is 9.47 Å². The van der Waals surface area contributed by atoms with E-state index in [1.807, 2.05) is 0 Å². The Morgan fingerprint density at radius 3 is 2.62 bits per heavy atom. The normalized spacial score (nSPS) is 15.5. The lowest BCUT2D eigenvalue weighted by molar-refractivity contribution is 0.0330. The summed E-state index contributed by atoms with van der Waals surface area (Å²) in [6.07, 6.45) is 0. The zero-order valence-corrected chi connectivity index (χ0v) is 15.6. The van der Waals surface area contributed by atoms with Gasteiger partial charge in [-0.1, -0.05) is 0 Å². The second-order valence-corrected chi connectivity index (χ2v) is 7.56. The highest BCUT2D eigenvalue weighted by Gasteiger charge is 2.19. The predicted molar refractivity (Wildman–Crippen MR) is 99.5 cm³/mol. The molecule has 136 valence electrons. The van der Waals surface area contributed by atoms with Crippen molar-refractivity contribution in [2.24, 2.45) is 0 Å². The summed E-state index contributed by atoms with van der Waals surface area (Å²) in [6, 6.07) is 5.99. The lowest BCUT2D eigenvalue weighted by Gasteiger charge is -2.25. The largest absolute Gasteiger partial charge is 0.438 e. The van der Waals surface area contributed by atoms with Gasteiger partial charge in [0.15, 0.2) is 0 Å². The molecule has 3 heterocycles. The minimum atomic E-state index is -0.291. The van der Waals surface area contributed by atoms with Gasteiger partial charge in [-0.05, 0) is 43.7 Å². The minimum absolute atomic E-state index is 0.291. The number of halogens is 1. The van der Waals surface area contributed by atoms with E-state index < -0.39 is 0 Å². The highest BCUT2D eigenvalue weighted by atomic mass is 32.1. The maximum Gasteiger partial charge on any atom is 0.231 e. The highest BCUT2D eigenvalue weighted by Crippen LogP contribution is 2.36. The van der Waals surface area contributed by atoms with Crippen molar-refractivity contribution in [2.75, 3.05) is 26.3 Å². The number of thiophene rings is 1. The third kappa shape index (κ3) is 3.56. The van der Waals surface area contributed by atoms with Gasteiger partial charge in [0.2, 0.25) is 5.88 Å². The van der Waals surface area contributed by atoms with E-state index in [1.54, 1.807) is 23.5 Å². The van der Waals surface area contributed by atoms with Gasteiger partial charge in [0, 0.05) is 18.0 Å². The average molecular weight is 373 g/mol. The first-order valence-electron chi connectivity index (χ1n) is 8.60. The van der Waals surface area contributed by atoms with Crippen LogP contribution < -0.4 is 4.74 Å². The van der Waals surface area contributed by atoms with Gasteiger partial charge in [-0.3, -0.25) is 4.90 Å². The summed E-state index contributed by atoms with van der Waals surface area (Å²) in [4.78, 5) is 13.8. The fourth-order valence-electron chi connectivity index (χ4n) is 2.97. The summed E-state index contributed by atoms with van der Waals surface area (Å²) < 4.78 is 24.6. The van der Waals surface area contributed by atoms with E-state index in [0.717, 1.165) is 47.9 Å². The molecule has 2 aromatic heterocycles. The molecule has 26 heavy (non-hydrogen) atoms. The van der Waals surface area contributed by atoms with Gasteiger partial charge in [-0.2, -0.15) is 4.98 Å². The summed E-state index contributed by atoms with van der Waals surface area (Å²) in [7, 11) is 0. The molecule has 1 fully saturated rings. The summed E-state index contributed by atoms with van der Waals surface area (Å²) in [6.45, 7) is 8.00. The smallest absolute Gasteiger partial charge is 0.231 e. The van der Waals surface area contributed by atoms with Gasteiger partial charge in [0.25, 0.3) is 0 Å². The molecule has 1 aliphatic heterocycles. The van der Waals surface area contributed by atoms with Crippen LogP contribution in [-0.4, -0.2) is 41.2 Å². The van der Waals surface area contributed by atoms with Crippen LogP contribution in [0.1, 0.15) is 16.3 Å². The third-order valence-corrected chi connectivity index (χ3v) is 5.64. The second kappa shape index (κ2) is 7.26. The van der Waals surface area contributed by atoms with Crippen LogP contribution in [0.2, 0.25) is 0 Å². The second-order valence-electron chi connectivity index (χ2n) is 6.35. The number of ether oxygens (including phenoxy) is 2. The van der Waals surface area contributed by atoms with Gasteiger partial charge in [-0.25, -0.2) is 9.37 Å². The Kier molecular flexibility index (Phi) is 4.84. The number of fused-ring (bicyclic) bond motifs is 1. The fourth-order valence-corrected chi connectivity index (χ4v) is 4.01. The van der Waals surface area contributed by atoms with E-state index in [0.29, 0.717) is 18.2 Å². The number of benzene rings is 1. The van der Waals surface area contributed by atoms with Gasteiger partial charge >= 0.3 is 0 Å². The van der Waals surface area contributed by atoms with Crippen molar-refractivity contribution in [3.63, 3.8) is 0 Å². The monoisotopic (exact) mass is 373 g/mol. The molecule has 0 radical (unpaired) electrons. The molecule has 0 aliphatic carbocycles. The summed E-state index contributed by atoms with van der Waals surface area (Å²) in [5, 5.41) is 0.933. The number of aromatic nitrogens is 2. The molecular formula is C19H20FN3O2S. The predicted octanol–water partition coefficient (Wildman–Crippen LogP) is 4.07.